The standard InChI is InChI=1S/C13H26O2Se2/c1-6-7-8-9-11(10-12(14)15-3)13(2,16-4)17-5/h11H,6-10H2,1-5H3. The van der Waals surface area contributed by atoms with Crippen LogP contribution in [0.1, 0.15) is 46.0 Å². The Labute approximate surface area is 119 Å². The van der Waals surface area contributed by atoms with Crippen molar-refractivity contribution in [2.75, 3.05) is 7.11 Å². The van der Waals surface area contributed by atoms with Gasteiger partial charge in [0.1, 0.15) is 0 Å². The minimum absolute atomic E-state index is 0.0359. The number of carbonyl (C=O) groups is 1. The molecular formula is C13H26O2Se2. The fraction of sp³-hybridized carbons (Fsp3) is 0.923. The molecule has 0 N–H and O–H groups in total. The second-order valence-electron chi connectivity index (χ2n) is 4.40. The third-order valence-corrected chi connectivity index (χ3v) is 11.8. The van der Waals surface area contributed by atoms with E-state index in [1.807, 2.05) is 0 Å². The summed E-state index contributed by atoms with van der Waals surface area (Å²) >= 11 is 1.21. The molecule has 0 spiro atoms. The van der Waals surface area contributed by atoms with Gasteiger partial charge in [-0.2, -0.15) is 0 Å². The number of carbonyl (C=O) groups excluding carboxylic acids is 1. The Morgan fingerprint density at radius 1 is 1.29 bits per heavy atom. The summed E-state index contributed by atoms with van der Waals surface area (Å²) in [5.41, 5.74) is 0. The molecule has 0 aromatic carbocycles. The third kappa shape index (κ3) is 6.29. The SMILES string of the molecule is CCCCCC(CC(=O)OC)C(C)([Se]C)[Se]C. The monoisotopic (exact) mass is 374 g/mol. The predicted molar refractivity (Wildman–Crippen MR) is 75.9 cm³/mol. The summed E-state index contributed by atoms with van der Waals surface area (Å²) in [4.78, 5) is 11.5. The van der Waals surface area contributed by atoms with Crippen LogP contribution in [0.15, 0.2) is 0 Å². The first-order valence-corrected chi connectivity index (χ1v) is 11.3. The number of hydrogen-bond donors (Lipinski definition) is 0. The van der Waals surface area contributed by atoms with Gasteiger partial charge < -0.3 is 0 Å². The third-order valence-electron chi connectivity index (χ3n) is 3.35. The van der Waals surface area contributed by atoms with Crippen LogP contribution in [0.5, 0.6) is 0 Å². The minimum atomic E-state index is -0.0359. The number of hydrogen-bond acceptors (Lipinski definition) is 2. The summed E-state index contributed by atoms with van der Waals surface area (Å²) in [5.74, 6) is 5.10. The number of ether oxygens (including phenoxy) is 1. The van der Waals surface area contributed by atoms with Crippen molar-refractivity contribution in [3.63, 3.8) is 0 Å². The van der Waals surface area contributed by atoms with E-state index in [0.29, 0.717) is 45.5 Å². The molecule has 0 aliphatic rings. The van der Waals surface area contributed by atoms with Crippen LogP contribution in [-0.2, 0) is 9.53 Å². The van der Waals surface area contributed by atoms with Gasteiger partial charge in [-0.25, -0.2) is 0 Å². The Morgan fingerprint density at radius 2 is 1.88 bits per heavy atom. The fourth-order valence-corrected chi connectivity index (χ4v) is 6.30. The normalized spacial score (nSPS) is 13.5. The van der Waals surface area contributed by atoms with Gasteiger partial charge in [0.05, 0.1) is 0 Å². The topological polar surface area (TPSA) is 26.3 Å². The average molecular weight is 372 g/mol. The van der Waals surface area contributed by atoms with Gasteiger partial charge in [0, 0.05) is 0 Å². The summed E-state index contributed by atoms with van der Waals surface area (Å²) in [6, 6.07) is 0. The molecule has 1 unspecified atom stereocenters. The van der Waals surface area contributed by atoms with Crippen LogP contribution in [0.4, 0.5) is 0 Å². The van der Waals surface area contributed by atoms with Crippen LogP contribution in [0.25, 0.3) is 0 Å². The van der Waals surface area contributed by atoms with Crippen molar-refractivity contribution in [2.45, 2.75) is 60.8 Å². The molecular weight excluding hydrogens is 346 g/mol. The van der Waals surface area contributed by atoms with E-state index in [1.54, 1.807) is 0 Å². The predicted octanol–water partition coefficient (Wildman–Crippen LogP) is 3.39. The molecule has 0 fully saturated rings. The molecule has 4 heteroatoms. The molecule has 0 amide bonds. The van der Waals surface area contributed by atoms with Crippen molar-refractivity contribution < 1.29 is 9.53 Å². The van der Waals surface area contributed by atoms with E-state index < -0.39 is 0 Å². The zero-order valence-corrected chi connectivity index (χ0v) is 15.2. The molecule has 0 rings (SSSR count). The molecule has 0 aliphatic carbocycles. The number of rotatable bonds is 9. The summed E-state index contributed by atoms with van der Waals surface area (Å²) in [6.45, 7) is 4.59. The van der Waals surface area contributed by atoms with Crippen LogP contribution in [-0.4, -0.2) is 43.0 Å². The van der Waals surface area contributed by atoms with Gasteiger partial charge in [0.15, 0.2) is 0 Å². The zero-order valence-electron chi connectivity index (χ0n) is 11.7. The van der Waals surface area contributed by atoms with E-state index in [4.69, 9.17) is 4.74 Å². The second kappa shape index (κ2) is 9.44. The number of esters is 1. The molecule has 0 aliphatic heterocycles. The van der Waals surface area contributed by atoms with Crippen molar-refractivity contribution in [1.82, 2.24) is 0 Å². The van der Waals surface area contributed by atoms with Crippen molar-refractivity contribution in [3.8, 4) is 0 Å². The maximum atomic E-state index is 11.5. The van der Waals surface area contributed by atoms with E-state index in [1.165, 1.54) is 32.8 Å². The summed E-state index contributed by atoms with van der Waals surface area (Å²) < 4.78 is 5.25. The summed E-state index contributed by atoms with van der Waals surface area (Å²) in [7, 11) is 1.50. The van der Waals surface area contributed by atoms with Crippen LogP contribution >= 0.6 is 0 Å². The Bertz CT molecular complexity index is 215. The van der Waals surface area contributed by atoms with Crippen molar-refractivity contribution in [1.29, 1.82) is 0 Å². The maximum absolute atomic E-state index is 11.5. The molecule has 0 heterocycles. The zero-order chi connectivity index (χ0) is 13.3. The quantitative estimate of drug-likeness (QED) is 0.352. The fourth-order valence-electron chi connectivity index (χ4n) is 1.89. The van der Waals surface area contributed by atoms with Gasteiger partial charge in [-0.1, -0.05) is 0 Å². The van der Waals surface area contributed by atoms with E-state index >= 15 is 0 Å². The van der Waals surface area contributed by atoms with Gasteiger partial charge in [-0.3, -0.25) is 0 Å². The first-order chi connectivity index (χ1) is 8.03. The molecule has 1 atom stereocenters. The molecule has 2 nitrogen and oxygen atoms in total. The first kappa shape index (κ1) is 17.5. The van der Waals surface area contributed by atoms with Gasteiger partial charge in [0.2, 0.25) is 0 Å². The van der Waals surface area contributed by atoms with E-state index in [-0.39, 0.29) is 5.97 Å². The van der Waals surface area contributed by atoms with E-state index in [9.17, 15) is 4.79 Å². The van der Waals surface area contributed by atoms with E-state index in [0.717, 1.165) is 0 Å². The molecule has 0 aromatic rings. The van der Waals surface area contributed by atoms with Gasteiger partial charge in [-0.05, 0) is 0 Å². The van der Waals surface area contributed by atoms with Crippen LogP contribution in [0.2, 0.25) is 14.9 Å². The van der Waals surface area contributed by atoms with Crippen molar-refractivity contribution in [3.05, 3.63) is 0 Å². The van der Waals surface area contributed by atoms with Gasteiger partial charge in [0.25, 0.3) is 0 Å². The number of unbranched alkanes of at least 4 members (excludes halogenated alkanes) is 2. The Kier molecular flexibility index (Phi) is 9.72. The molecule has 0 bridgehead atoms. The number of methoxy groups -OCH3 is 1. The van der Waals surface area contributed by atoms with Gasteiger partial charge >= 0.3 is 119 Å². The second-order valence-corrected chi connectivity index (χ2v) is 11.0. The molecule has 0 aromatic heterocycles. The Balaban J connectivity index is 4.52. The summed E-state index contributed by atoms with van der Waals surface area (Å²) in [5, 5.41) is 0. The molecule has 0 saturated carbocycles. The Morgan fingerprint density at radius 3 is 2.29 bits per heavy atom. The van der Waals surface area contributed by atoms with Gasteiger partial charge in [-0.15, -0.1) is 0 Å². The molecule has 0 saturated heterocycles. The van der Waals surface area contributed by atoms with Crippen molar-refractivity contribution >= 4 is 35.9 Å². The molecule has 0 radical (unpaired) electrons. The summed E-state index contributed by atoms with van der Waals surface area (Å²) in [6.07, 6.45) is 5.57. The Hall–Kier alpha value is 0.509. The van der Waals surface area contributed by atoms with E-state index in [2.05, 4.69) is 25.5 Å². The molecule has 17 heavy (non-hydrogen) atoms. The average Bonchev–Trinajstić information content (AvgIpc) is 2.36. The van der Waals surface area contributed by atoms with Crippen LogP contribution < -0.4 is 0 Å². The van der Waals surface area contributed by atoms with Crippen LogP contribution in [0.3, 0.4) is 0 Å². The van der Waals surface area contributed by atoms with Crippen LogP contribution in [0, 0.1) is 5.92 Å². The van der Waals surface area contributed by atoms with Crippen molar-refractivity contribution in [2.24, 2.45) is 5.92 Å². The molecule has 102 valence electrons. The first-order valence-electron chi connectivity index (χ1n) is 6.21.